The van der Waals surface area contributed by atoms with E-state index >= 15 is 0 Å². The molecule has 1 aliphatic rings. The fourth-order valence-electron chi connectivity index (χ4n) is 3.71. The first-order chi connectivity index (χ1) is 13.8. The number of hydrogen-bond acceptors (Lipinski definition) is 5. The molecule has 1 atom stereocenters. The van der Waals surface area contributed by atoms with Crippen LogP contribution in [0.15, 0.2) is 41.3 Å². The molecule has 0 spiro atoms. The SMILES string of the molecule is Cc1ccc2nc([C@H]3CCCN(S(=O)(=O)c4ccc(Cl)cc4[N+](=O)[O-])C3)[nH]c2c1. The highest BCUT2D eigenvalue weighted by atomic mass is 35.5. The first-order valence-corrected chi connectivity index (χ1v) is 11.0. The molecule has 1 aromatic heterocycles. The van der Waals surface area contributed by atoms with Crippen molar-refractivity contribution in [3.8, 4) is 0 Å². The molecule has 10 heteroatoms. The summed E-state index contributed by atoms with van der Waals surface area (Å²) in [7, 11) is -4.04. The van der Waals surface area contributed by atoms with E-state index in [9.17, 15) is 18.5 Å². The number of aromatic nitrogens is 2. The van der Waals surface area contributed by atoms with E-state index in [2.05, 4.69) is 9.97 Å². The summed E-state index contributed by atoms with van der Waals surface area (Å²) in [5, 5.41) is 11.5. The van der Waals surface area contributed by atoms with Crippen molar-refractivity contribution < 1.29 is 13.3 Å². The Labute approximate surface area is 172 Å². The van der Waals surface area contributed by atoms with Crippen molar-refractivity contribution in [1.82, 2.24) is 14.3 Å². The van der Waals surface area contributed by atoms with E-state index < -0.39 is 20.6 Å². The van der Waals surface area contributed by atoms with Gasteiger partial charge in [-0.25, -0.2) is 13.4 Å². The van der Waals surface area contributed by atoms with Crippen molar-refractivity contribution in [3.05, 3.63) is 62.9 Å². The van der Waals surface area contributed by atoms with Gasteiger partial charge in [0.05, 0.1) is 16.0 Å². The summed E-state index contributed by atoms with van der Waals surface area (Å²) in [6.07, 6.45) is 1.43. The van der Waals surface area contributed by atoms with Gasteiger partial charge in [-0.1, -0.05) is 17.7 Å². The number of nitrogens with zero attached hydrogens (tertiary/aromatic N) is 3. The Bertz CT molecular complexity index is 1210. The molecule has 0 bridgehead atoms. The Balaban J connectivity index is 1.66. The van der Waals surface area contributed by atoms with Gasteiger partial charge in [-0.05, 0) is 49.6 Å². The van der Waals surface area contributed by atoms with Gasteiger partial charge in [0.1, 0.15) is 5.82 Å². The number of benzene rings is 2. The normalized spacial score (nSPS) is 18.2. The van der Waals surface area contributed by atoms with E-state index in [1.807, 2.05) is 25.1 Å². The molecule has 1 fully saturated rings. The summed E-state index contributed by atoms with van der Waals surface area (Å²) >= 11 is 5.82. The van der Waals surface area contributed by atoms with Crippen molar-refractivity contribution >= 4 is 38.3 Å². The lowest BCUT2D eigenvalue weighted by Gasteiger charge is -2.30. The molecule has 0 radical (unpaired) electrons. The largest absolute Gasteiger partial charge is 0.342 e. The molecule has 8 nitrogen and oxygen atoms in total. The van der Waals surface area contributed by atoms with Crippen LogP contribution in [-0.4, -0.2) is 40.7 Å². The number of aryl methyl sites for hydroxylation is 1. The third-order valence-electron chi connectivity index (χ3n) is 5.16. The summed E-state index contributed by atoms with van der Waals surface area (Å²) in [5.74, 6) is 0.619. The zero-order valence-electron chi connectivity index (χ0n) is 15.6. The maximum absolute atomic E-state index is 13.2. The van der Waals surface area contributed by atoms with Gasteiger partial charge in [0.15, 0.2) is 4.90 Å². The van der Waals surface area contributed by atoms with Crippen LogP contribution < -0.4 is 0 Å². The molecule has 0 aliphatic carbocycles. The average molecular weight is 435 g/mol. The van der Waals surface area contributed by atoms with Crippen LogP contribution >= 0.6 is 11.6 Å². The number of nitro groups is 1. The van der Waals surface area contributed by atoms with Crippen LogP contribution in [0.25, 0.3) is 11.0 Å². The van der Waals surface area contributed by atoms with Crippen LogP contribution in [-0.2, 0) is 10.0 Å². The zero-order valence-corrected chi connectivity index (χ0v) is 17.2. The standard InChI is InChI=1S/C19H19ClN4O4S/c1-12-4-6-15-16(9-12)22-19(21-15)13-3-2-8-23(11-13)29(27,28)18-7-5-14(20)10-17(18)24(25)26/h4-7,9-10,13H,2-3,8,11H2,1H3,(H,21,22)/t13-/m0/s1. The topological polar surface area (TPSA) is 109 Å². The number of nitro benzene ring substituents is 1. The molecular weight excluding hydrogens is 416 g/mol. The molecule has 1 N–H and O–H groups in total. The second-order valence-corrected chi connectivity index (χ2v) is 9.56. The molecular formula is C19H19ClN4O4S. The lowest BCUT2D eigenvalue weighted by molar-refractivity contribution is -0.387. The maximum atomic E-state index is 13.2. The van der Waals surface area contributed by atoms with Gasteiger partial charge in [-0.2, -0.15) is 4.31 Å². The second kappa shape index (κ2) is 7.40. The highest BCUT2D eigenvalue weighted by Crippen LogP contribution is 2.34. The Hall–Kier alpha value is -2.49. The van der Waals surface area contributed by atoms with Crippen LogP contribution in [0.1, 0.15) is 30.1 Å². The predicted octanol–water partition coefficient (Wildman–Crippen LogP) is 4.00. The Kier molecular flexibility index (Phi) is 5.05. The number of aromatic amines is 1. The molecule has 0 amide bonds. The highest BCUT2D eigenvalue weighted by molar-refractivity contribution is 7.89. The lowest BCUT2D eigenvalue weighted by Crippen LogP contribution is -2.39. The van der Waals surface area contributed by atoms with Crippen LogP contribution in [0.2, 0.25) is 5.02 Å². The lowest BCUT2D eigenvalue weighted by atomic mass is 9.99. The summed E-state index contributed by atoms with van der Waals surface area (Å²) in [6.45, 7) is 2.51. The Morgan fingerprint density at radius 2 is 2.07 bits per heavy atom. The van der Waals surface area contributed by atoms with Crippen LogP contribution in [0, 0.1) is 17.0 Å². The molecule has 0 unspecified atom stereocenters. The number of imidazole rings is 1. The van der Waals surface area contributed by atoms with Gasteiger partial charge in [0.2, 0.25) is 10.0 Å². The molecule has 152 valence electrons. The molecule has 4 rings (SSSR count). The molecule has 2 heterocycles. The number of nitrogens with one attached hydrogen (secondary N) is 1. The number of sulfonamides is 1. The van der Waals surface area contributed by atoms with E-state index in [-0.39, 0.29) is 22.4 Å². The molecule has 1 aliphatic heterocycles. The van der Waals surface area contributed by atoms with Crippen molar-refractivity contribution in [1.29, 1.82) is 0 Å². The van der Waals surface area contributed by atoms with Crippen molar-refractivity contribution in [3.63, 3.8) is 0 Å². The van der Waals surface area contributed by atoms with Crippen molar-refractivity contribution in [2.24, 2.45) is 0 Å². The van der Waals surface area contributed by atoms with E-state index in [4.69, 9.17) is 11.6 Å². The number of halogens is 1. The molecule has 1 saturated heterocycles. The van der Waals surface area contributed by atoms with Gasteiger partial charge in [-0.15, -0.1) is 0 Å². The van der Waals surface area contributed by atoms with E-state index in [0.717, 1.165) is 34.9 Å². The van der Waals surface area contributed by atoms with E-state index in [0.29, 0.717) is 13.0 Å². The fourth-order valence-corrected chi connectivity index (χ4v) is 5.54. The number of H-pyrrole nitrogens is 1. The third kappa shape index (κ3) is 3.73. The van der Waals surface area contributed by atoms with Crippen molar-refractivity contribution in [2.75, 3.05) is 13.1 Å². The third-order valence-corrected chi connectivity index (χ3v) is 7.31. The van der Waals surface area contributed by atoms with Crippen LogP contribution in [0.5, 0.6) is 0 Å². The van der Waals surface area contributed by atoms with Crippen LogP contribution in [0.4, 0.5) is 5.69 Å². The number of fused-ring (bicyclic) bond motifs is 1. The van der Waals surface area contributed by atoms with Gasteiger partial charge < -0.3 is 4.98 Å². The predicted molar refractivity (Wildman–Crippen MR) is 110 cm³/mol. The fraction of sp³-hybridized carbons (Fsp3) is 0.316. The number of piperidine rings is 1. The summed E-state index contributed by atoms with van der Waals surface area (Å²) in [5.41, 5.74) is 2.33. The minimum Gasteiger partial charge on any atom is -0.342 e. The molecule has 2 aromatic carbocycles. The van der Waals surface area contributed by atoms with Crippen LogP contribution in [0.3, 0.4) is 0 Å². The zero-order chi connectivity index (χ0) is 20.8. The maximum Gasteiger partial charge on any atom is 0.290 e. The highest BCUT2D eigenvalue weighted by Gasteiger charge is 2.36. The van der Waals surface area contributed by atoms with Crippen molar-refractivity contribution in [2.45, 2.75) is 30.6 Å². The molecule has 3 aromatic rings. The monoisotopic (exact) mass is 434 g/mol. The first-order valence-electron chi connectivity index (χ1n) is 9.16. The smallest absolute Gasteiger partial charge is 0.290 e. The van der Waals surface area contributed by atoms with E-state index in [1.54, 1.807) is 0 Å². The van der Waals surface area contributed by atoms with Gasteiger partial charge in [-0.3, -0.25) is 10.1 Å². The Morgan fingerprint density at radius 3 is 2.83 bits per heavy atom. The summed E-state index contributed by atoms with van der Waals surface area (Å²) < 4.78 is 27.6. The molecule has 29 heavy (non-hydrogen) atoms. The molecule has 0 saturated carbocycles. The average Bonchev–Trinajstić information content (AvgIpc) is 3.11. The van der Waals surface area contributed by atoms with E-state index in [1.165, 1.54) is 16.4 Å². The minimum absolute atomic E-state index is 0.113. The Morgan fingerprint density at radius 1 is 1.28 bits per heavy atom. The minimum atomic E-state index is -4.04. The second-order valence-electron chi connectivity index (χ2n) is 7.21. The number of rotatable bonds is 4. The van der Waals surface area contributed by atoms with Gasteiger partial charge in [0, 0.05) is 30.1 Å². The van der Waals surface area contributed by atoms with Gasteiger partial charge >= 0.3 is 0 Å². The quantitative estimate of drug-likeness (QED) is 0.493. The van der Waals surface area contributed by atoms with Gasteiger partial charge in [0.25, 0.3) is 5.69 Å². The summed E-state index contributed by atoms with van der Waals surface area (Å²) in [4.78, 5) is 18.2. The number of hydrogen-bond donors (Lipinski definition) is 1. The summed E-state index contributed by atoms with van der Waals surface area (Å²) in [6, 6.07) is 9.52. The first kappa shape index (κ1) is 19.8.